The summed E-state index contributed by atoms with van der Waals surface area (Å²) in [5.74, 6) is 0.451. The molecule has 0 heterocycles. The van der Waals surface area contributed by atoms with E-state index in [1.54, 1.807) is 6.07 Å². The lowest BCUT2D eigenvalue weighted by Crippen LogP contribution is -2.33. The van der Waals surface area contributed by atoms with Crippen molar-refractivity contribution in [2.45, 2.75) is 19.9 Å². The van der Waals surface area contributed by atoms with Crippen LogP contribution < -0.4 is 11.1 Å². The Morgan fingerprint density at radius 2 is 1.73 bits per heavy atom. The van der Waals surface area contributed by atoms with Crippen LogP contribution in [0.25, 0.3) is 0 Å². The van der Waals surface area contributed by atoms with E-state index in [1.807, 2.05) is 12.1 Å². The van der Waals surface area contributed by atoms with E-state index in [9.17, 15) is 0 Å². The molecule has 0 aliphatic heterocycles. The highest BCUT2D eigenvalue weighted by Crippen LogP contribution is 2.22. The second-order valence-corrected chi connectivity index (χ2v) is 4.82. The molecular weight excluding hydrogens is 231 g/mol. The van der Waals surface area contributed by atoms with Gasteiger partial charge in [-0.15, -0.1) is 0 Å². The van der Waals surface area contributed by atoms with Crippen LogP contribution in [0.15, 0.2) is 18.2 Å². The monoisotopic (exact) mass is 246 g/mol. The van der Waals surface area contributed by atoms with E-state index in [4.69, 9.17) is 28.9 Å². The molecule has 0 aromatic heterocycles. The van der Waals surface area contributed by atoms with Crippen LogP contribution in [0.4, 0.5) is 5.69 Å². The summed E-state index contributed by atoms with van der Waals surface area (Å²) >= 11 is 11.7. The van der Waals surface area contributed by atoms with Gasteiger partial charge in [-0.3, -0.25) is 0 Å². The maximum Gasteiger partial charge on any atom is 0.0441 e. The maximum atomic E-state index is 5.91. The van der Waals surface area contributed by atoms with E-state index in [0.29, 0.717) is 22.5 Å². The number of halogens is 2. The molecule has 1 unspecified atom stereocenters. The Labute approximate surface area is 101 Å². The molecule has 84 valence electrons. The zero-order valence-electron chi connectivity index (χ0n) is 8.93. The van der Waals surface area contributed by atoms with Crippen molar-refractivity contribution in [1.82, 2.24) is 0 Å². The lowest BCUT2D eigenvalue weighted by molar-refractivity contribution is 0.511. The molecule has 1 atom stereocenters. The molecular formula is C11H16Cl2N2. The van der Waals surface area contributed by atoms with Crippen molar-refractivity contribution < 1.29 is 0 Å². The standard InChI is InChI=1S/C11H16Cl2N2/c1-7(2)11(14)6-15-10-4-8(12)3-9(13)5-10/h3-5,7,11,15H,6,14H2,1-2H3. The zero-order valence-corrected chi connectivity index (χ0v) is 10.4. The summed E-state index contributed by atoms with van der Waals surface area (Å²) in [6, 6.07) is 5.50. The molecule has 1 rings (SSSR count). The Morgan fingerprint density at radius 3 is 2.20 bits per heavy atom. The van der Waals surface area contributed by atoms with Gasteiger partial charge in [-0.05, 0) is 24.1 Å². The third-order valence-corrected chi connectivity index (χ3v) is 2.70. The van der Waals surface area contributed by atoms with Gasteiger partial charge in [-0.1, -0.05) is 37.0 Å². The van der Waals surface area contributed by atoms with Gasteiger partial charge in [0.1, 0.15) is 0 Å². The Kier molecular flexibility index (Phi) is 4.71. The van der Waals surface area contributed by atoms with Crippen molar-refractivity contribution in [2.24, 2.45) is 11.7 Å². The van der Waals surface area contributed by atoms with Crippen molar-refractivity contribution in [3.63, 3.8) is 0 Å². The van der Waals surface area contributed by atoms with Crippen molar-refractivity contribution in [1.29, 1.82) is 0 Å². The largest absolute Gasteiger partial charge is 0.383 e. The van der Waals surface area contributed by atoms with Gasteiger partial charge in [0.2, 0.25) is 0 Å². The Morgan fingerprint density at radius 1 is 1.20 bits per heavy atom. The van der Waals surface area contributed by atoms with Crippen LogP contribution in [0.3, 0.4) is 0 Å². The quantitative estimate of drug-likeness (QED) is 0.855. The van der Waals surface area contributed by atoms with Gasteiger partial charge in [-0.2, -0.15) is 0 Å². The Hall–Kier alpha value is -0.440. The number of anilines is 1. The van der Waals surface area contributed by atoms with Gasteiger partial charge in [0.15, 0.2) is 0 Å². The number of nitrogens with one attached hydrogen (secondary N) is 1. The third kappa shape index (κ3) is 4.29. The fourth-order valence-electron chi connectivity index (χ4n) is 1.13. The van der Waals surface area contributed by atoms with Crippen molar-refractivity contribution in [3.05, 3.63) is 28.2 Å². The summed E-state index contributed by atoms with van der Waals surface area (Å²) in [5, 5.41) is 4.47. The third-order valence-electron chi connectivity index (χ3n) is 2.26. The van der Waals surface area contributed by atoms with E-state index in [-0.39, 0.29) is 6.04 Å². The molecule has 0 radical (unpaired) electrons. The minimum absolute atomic E-state index is 0.128. The fraction of sp³-hybridized carbons (Fsp3) is 0.455. The molecule has 0 fully saturated rings. The average molecular weight is 247 g/mol. The van der Waals surface area contributed by atoms with Gasteiger partial charge in [0.05, 0.1) is 0 Å². The molecule has 4 heteroatoms. The molecule has 0 bridgehead atoms. The molecule has 0 aliphatic rings. The van der Waals surface area contributed by atoms with E-state index < -0.39 is 0 Å². The van der Waals surface area contributed by atoms with Crippen LogP contribution in [-0.4, -0.2) is 12.6 Å². The molecule has 1 aromatic carbocycles. The second-order valence-electron chi connectivity index (χ2n) is 3.95. The predicted molar refractivity (Wildman–Crippen MR) is 67.8 cm³/mol. The highest BCUT2D eigenvalue weighted by molar-refractivity contribution is 6.35. The summed E-state index contributed by atoms with van der Waals surface area (Å²) in [6.45, 7) is 4.91. The minimum atomic E-state index is 0.128. The van der Waals surface area contributed by atoms with Crippen molar-refractivity contribution >= 4 is 28.9 Å². The van der Waals surface area contributed by atoms with Gasteiger partial charge in [0.25, 0.3) is 0 Å². The van der Waals surface area contributed by atoms with Gasteiger partial charge < -0.3 is 11.1 Å². The molecule has 2 nitrogen and oxygen atoms in total. The van der Waals surface area contributed by atoms with E-state index in [0.717, 1.165) is 5.69 Å². The summed E-state index contributed by atoms with van der Waals surface area (Å²) in [6.07, 6.45) is 0. The summed E-state index contributed by atoms with van der Waals surface area (Å²) in [7, 11) is 0. The normalized spacial score (nSPS) is 12.9. The molecule has 0 saturated carbocycles. The SMILES string of the molecule is CC(C)C(N)CNc1cc(Cl)cc(Cl)c1. The van der Waals surface area contributed by atoms with Crippen molar-refractivity contribution in [2.75, 3.05) is 11.9 Å². The molecule has 0 aliphatic carbocycles. The van der Waals surface area contributed by atoms with E-state index in [1.165, 1.54) is 0 Å². The highest BCUT2D eigenvalue weighted by Gasteiger charge is 2.07. The smallest absolute Gasteiger partial charge is 0.0441 e. The number of hydrogen-bond acceptors (Lipinski definition) is 2. The Balaban J connectivity index is 2.57. The lowest BCUT2D eigenvalue weighted by Gasteiger charge is -2.17. The van der Waals surface area contributed by atoms with Crippen molar-refractivity contribution in [3.8, 4) is 0 Å². The molecule has 0 amide bonds. The maximum absolute atomic E-state index is 5.91. The second kappa shape index (κ2) is 5.59. The van der Waals surface area contributed by atoms with Crippen LogP contribution >= 0.6 is 23.2 Å². The van der Waals surface area contributed by atoms with Crippen LogP contribution in [0.2, 0.25) is 10.0 Å². The van der Waals surface area contributed by atoms with Gasteiger partial charge in [0, 0.05) is 28.3 Å². The summed E-state index contributed by atoms with van der Waals surface area (Å²) in [4.78, 5) is 0. The summed E-state index contributed by atoms with van der Waals surface area (Å²) < 4.78 is 0. The Bertz CT molecular complexity index is 306. The first-order chi connectivity index (χ1) is 6.99. The topological polar surface area (TPSA) is 38.0 Å². The average Bonchev–Trinajstić information content (AvgIpc) is 2.12. The first-order valence-electron chi connectivity index (χ1n) is 4.94. The molecule has 0 saturated heterocycles. The zero-order chi connectivity index (χ0) is 11.4. The molecule has 0 spiro atoms. The fourth-order valence-corrected chi connectivity index (χ4v) is 1.65. The number of nitrogens with two attached hydrogens (primary N) is 1. The van der Waals surface area contributed by atoms with Gasteiger partial charge in [-0.25, -0.2) is 0 Å². The van der Waals surface area contributed by atoms with Crippen LogP contribution in [0, 0.1) is 5.92 Å². The molecule has 15 heavy (non-hydrogen) atoms. The number of hydrogen-bond donors (Lipinski definition) is 2. The van der Waals surface area contributed by atoms with Gasteiger partial charge >= 0.3 is 0 Å². The van der Waals surface area contributed by atoms with Crippen LogP contribution in [0.1, 0.15) is 13.8 Å². The number of benzene rings is 1. The minimum Gasteiger partial charge on any atom is -0.383 e. The molecule has 3 N–H and O–H groups in total. The summed E-state index contributed by atoms with van der Waals surface area (Å²) in [5.41, 5.74) is 6.82. The predicted octanol–water partition coefficient (Wildman–Crippen LogP) is 3.39. The first kappa shape index (κ1) is 12.6. The first-order valence-corrected chi connectivity index (χ1v) is 5.70. The van der Waals surface area contributed by atoms with Crippen LogP contribution in [-0.2, 0) is 0 Å². The van der Waals surface area contributed by atoms with Crippen LogP contribution in [0.5, 0.6) is 0 Å². The van der Waals surface area contributed by atoms with E-state index in [2.05, 4.69) is 19.2 Å². The lowest BCUT2D eigenvalue weighted by atomic mass is 10.1. The highest BCUT2D eigenvalue weighted by atomic mass is 35.5. The number of rotatable bonds is 4. The molecule has 1 aromatic rings. The van der Waals surface area contributed by atoms with E-state index >= 15 is 0 Å².